The zero-order valence-electron chi connectivity index (χ0n) is 28.4. The van der Waals surface area contributed by atoms with Crippen molar-refractivity contribution in [3.05, 3.63) is 83.4 Å². The third-order valence-corrected chi connectivity index (χ3v) is 7.65. The van der Waals surface area contributed by atoms with E-state index in [4.69, 9.17) is 30.5 Å². The van der Waals surface area contributed by atoms with Crippen molar-refractivity contribution in [3.63, 3.8) is 0 Å². The SMILES string of the molecule is COc1ccc(C(Nc2nc(Cl)nc3c2ncn3C2C=C[C@@H](N(C(=O)OC(C)(C)C)C(=O)OC(C)(C)C)C2)c2ccc(OC)cc2)cc1. The van der Waals surface area contributed by atoms with Crippen molar-refractivity contribution in [2.24, 2.45) is 0 Å². The van der Waals surface area contributed by atoms with Crippen LogP contribution in [0.4, 0.5) is 15.4 Å². The molecule has 4 aromatic rings. The van der Waals surface area contributed by atoms with Crippen molar-refractivity contribution < 1.29 is 28.5 Å². The molecule has 5 rings (SSSR count). The molecule has 48 heavy (non-hydrogen) atoms. The standard InChI is InChI=1S/C35H41ClN6O6/c1-34(2,3)47-32(43)42(33(44)48-35(4,5)6)24-14-13-23(19-24)41-20-37-28-29(39-31(36)40-30(28)41)38-27(21-9-15-25(45-7)16-10-21)22-11-17-26(46-8)18-12-22/h9-18,20,23-24,27H,19H2,1-8H3,(H,38,39,40)/t23?,24-/m1/s1. The Kier molecular flexibility index (Phi) is 9.86. The quantitative estimate of drug-likeness (QED) is 0.146. The van der Waals surface area contributed by atoms with Crippen molar-refractivity contribution in [3.8, 4) is 11.5 Å². The van der Waals surface area contributed by atoms with Crippen molar-refractivity contribution in [1.82, 2.24) is 24.4 Å². The van der Waals surface area contributed by atoms with Gasteiger partial charge in [0.1, 0.15) is 22.7 Å². The summed E-state index contributed by atoms with van der Waals surface area (Å²) in [5, 5.41) is 3.56. The number of halogens is 1. The minimum Gasteiger partial charge on any atom is -0.497 e. The van der Waals surface area contributed by atoms with E-state index in [2.05, 4.69) is 20.3 Å². The van der Waals surface area contributed by atoms with E-state index in [0.717, 1.165) is 27.5 Å². The lowest BCUT2D eigenvalue weighted by atomic mass is 9.98. The van der Waals surface area contributed by atoms with Gasteiger partial charge in [0.05, 0.1) is 38.7 Å². The number of allylic oxidation sites excluding steroid dienone is 1. The maximum Gasteiger partial charge on any atom is 0.420 e. The Morgan fingerprint density at radius 1 is 0.854 bits per heavy atom. The van der Waals surface area contributed by atoms with Crippen LogP contribution >= 0.6 is 11.6 Å². The number of ether oxygens (including phenoxy) is 4. The molecule has 2 atom stereocenters. The Hall–Kier alpha value is -4.84. The summed E-state index contributed by atoms with van der Waals surface area (Å²) in [7, 11) is 3.25. The van der Waals surface area contributed by atoms with Gasteiger partial charge in [-0.05, 0) is 95.0 Å². The van der Waals surface area contributed by atoms with Gasteiger partial charge in [-0.25, -0.2) is 19.5 Å². The first-order valence-corrected chi connectivity index (χ1v) is 15.9. The average Bonchev–Trinajstić information content (AvgIpc) is 3.65. The average molecular weight is 677 g/mol. The number of nitrogens with one attached hydrogen (secondary N) is 1. The fourth-order valence-corrected chi connectivity index (χ4v) is 5.51. The molecule has 0 spiro atoms. The van der Waals surface area contributed by atoms with Crippen molar-refractivity contribution in [1.29, 1.82) is 0 Å². The molecule has 0 aliphatic heterocycles. The molecule has 13 heteroatoms. The highest BCUT2D eigenvalue weighted by Gasteiger charge is 2.39. The topological polar surface area (TPSA) is 130 Å². The number of hydrogen-bond donors (Lipinski definition) is 1. The molecular formula is C35H41ClN6O6. The van der Waals surface area contributed by atoms with Crippen LogP contribution in [-0.4, -0.2) is 68.1 Å². The molecule has 1 aliphatic rings. The number of rotatable bonds is 8. The second-order valence-electron chi connectivity index (χ2n) is 13.4. The summed E-state index contributed by atoms with van der Waals surface area (Å²) in [5.41, 5.74) is 1.26. The number of nitrogens with zero attached hydrogens (tertiary/aromatic N) is 5. The summed E-state index contributed by atoms with van der Waals surface area (Å²) in [6, 6.07) is 14.2. The summed E-state index contributed by atoms with van der Waals surface area (Å²) in [6.07, 6.45) is 4.10. The van der Waals surface area contributed by atoms with Gasteiger partial charge < -0.3 is 28.8 Å². The smallest absolute Gasteiger partial charge is 0.420 e. The molecule has 2 aromatic heterocycles. The van der Waals surface area contributed by atoms with E-state index in [0.29, 0.717) is 23.4 Å². The van der Waals surface area contributed by atoms with E-state index in [1.165, 1.54) is 0 Å². The van der Waals surface area contributed by atoms with E-state index < -0.39 is 29.4 Å². The van der Waals surface area contributed by atoms with E-state index in [1.807, 2.05) is 59.2 Å². The number of carbonyl (C=O) groups is 2. The third kappa shape index (κ3) is 7.99. The fourth-order valence-electron chi connectivity index (χ4n) is 5.35. The van der Waals surface area contributed by atoms with Gasteiger partial charge in [0.25, 0.3) is 0 Å². The van der Waals surface area contributed by atoms with Gasteiger partial charge in [-0.3, -0.25) is 0 Å². The lowest BCUT2D eigenvalue weighted by Gasteiger charge is -2.31. The van der Waals surface area contributed by atoms with Crippen LogP contribution in [0.3, 0.4) is 0 Å². The second-order valence-corrected chi connectivity index (χ2v) is 13.7. The number of benzene rings is 2. The molecule has 0 fully saturated rings. The van der Waals surface area contributed by atoms with Crippen LogP contribution in [0.2, 0.25) is 5.28 Å². The Labute approximate surface area is 285 Å². The number of amides is 2. The summed E-state index contributed by atoms with van der Waals surface area (Å²) in [5.74, 6) is 1.90. The third-order valence-electron chi connectivity index (χ3n) is 7.48. The Morgan fingerprint density at radius 2 is 1.38 bits per heavy atom. The molecule has 254 valence electrons. The van der Waals surface area contributed by atoms with E-state index in [-0.39, 0.29) is 17.4 Å². The van der Waals surface area contributed by atoms with Crippen molar-refractivity contribution in [2.45, 2.75) is 77.3 Å². The summed E-state index contributed by atoms with van der Waals surface area (Å²) in [4.78, 5) is 41.3. The largest absolute Gasteiger partial charge is 0.497 e. The zero-order valence-corrected chi connectivity index (χ0v) is 29.1. The molecular weight excluding hydrogens is 636 g/mol. The van der Waals surface area contributed by atoms with Crippen LogP contribution in [0.1, 0.15) is 71.2 Å². The number of anilines is 1. The van der Waals surface area contributed by atoms with Crippen molar-refractivity contribution >= 4 is 40.8 Å². The number of carbonyl (C=O) groups excluding carboxylic acids is 2. The van der Waals surface area contributed by atoms with E-state index in [9.17, 15) is 9.59 Å². The van der Waals surface area contributed by atoms with Crippen LogP contribution < -0.4 is 14.8 Å². The van der Waals surface area contributed by atoms with E-state index >= 15 is 0 Å². The molecule has 2 aromatic carbocycles. The van der Waals surface area contributed by atoms with E-state index in [1.54, 1.807) is 68.2 Å². The molecule has 0 saturated heterocycles. The number of hydrogen-bond acceptors (Lipinski definition) is 10. The number of fused-ring (bicyclic) bond motifs is 1. The monoisotopic (exact) mass is 676 g/mol. The summed E-state index contributed by atoms with van der Waals surface area (Å²) < 4.78 is 23.8. The Bertz CT molecular complexity index is 1720. The van der Waals surface area contributed by atoms with Crippen molar-refractivity contribution in [2.75, 3.05) is 19.5 Å². The molecule has 0 bridgehead atoms. The Balaban J connectivity index is 1.46. The molecule has 0 saturated carbocycles. The number of aromatic nitrogens is 4. The summed E-state index contributed by atoms with van der Waals surface area (Å²) >= 11 is 6.51. The van der Waals surface area contributed by atoms with Gasteiger partial charge in [-0.2, -0.15) is 9.97 Å². The minimum absolute atomic E-state index is 0.0256. The maximum atomic E-state index is 13.3. The van der Waals surface area contributed by atoms with Gasteiger partial charge in [-0.1, -0.05) is 36.4 Å². The predicted molar refractivity (Wildman–Crippen MR) is 183 cm³/mol. The van der Waals surface area contributed by atoms with Gasteiger partial charge >= 0.3 is 12.2 Å². The van der Waals surface area contributed by atoms with Gasteiger partial charge in [0.2, 0.25) is 5.28 Å². The maximum absolute atomic E-state index is 13.3. The van der Waals surface area contributed by atoms with Gasteiger partial charge in [0, 0.05) is 0 Å². The highest BCUT2D eigenvalue weighted by atomic mass is 35.5. The van der Waals surface area contributed by atoms with Crippen LogP contribution in [0.5, 0.6) is 11.5 Å². The molecule has 2 amide bonds. The summed E-state index contributed by atoms with van der Waals surface area (Å²) in [6.45, 7) is 10.5. The first kappa shape index (κ1) is 34.5. The molecule has 0 radical (unpaired) electrons. The molecule has 2 heterocycles. The molecule has 1 N–H and O–H groups in total. The lowest BCUT2D eigenvalue weighted by Crippen LogP contribution is -2.48. The first-order valence-electron chi connectivity index (χ1n) is 15.5. The molecule has 12 nitrogen and oxygen atoms in total. The normalized spacial score (nSPS) is 16.2. The highest BCUT2D eigenvalue weighted by molar-refractivity contribution is 6.28. The van der Waals surface area contributed by atoms with Crippen LogP contribution in [-0.2, 0) is 9.47 Å². The molecule has 1 aliphatic carbocycles. The lowest BCUT2D eigenvalue weighted by molar-refractivity contribution is -0.00401. The van der Waals surface area contributed by atoms with Gasteiger partial charge in [-0.15, -0.1) is 0 Å². The Morgan fingerprint density at radius 3 is 1.85 bits per heavy atom. The number of imide groups is 1. The number of methoxy groups -OCH3 is 2. The minimum atomic E-state index is -0.813. The fraction of sp³-hybridized carbons (Fsp3) is 0.400. The molecule has 1 unspecified atom stereocenters. The highest BCUT2D eigenvalue weighted by Crippen LogP contribution is 2.35. The predicted octanol–water partition coefficient (Wildman–Crippen LogP) is 7.74. The number of imidazole rings is 1. The second kappa shape index (κ2) is 13.7. The first-order chi connectivity index (χ1) is 22.7. The zero-order chi connectivity index (χ0) is 34.8. The van der Waals surface area contributed by atoms with Crippen LogP contribution in [0.15, 0.2) is 67.0 Å². The van der Waals surface area contributed by atoms with Crippen LogP contribution in [0, 0.1) is 0 Å². The van der Waals surface area contributed by atoms with Gasteiger partial charge in [0.15, 0.2) is 17.0 Å². The van der Waals surface area contributed by atoms with Crippen LogP contribution in [0.25, 0.3) is 11.2 Å².